The Labute approximate surface area is 193 Å². The molecule has 0 fully saturated rings. The van der Waals surface area contributed by atoms with Crippen LogP contribution in [0.25, 0.3) is 0 Å². The fourth-order valence-electron chi connectivity index (χ4n) is 2.53. The Kier molecular flexibility index (Phi) is 16.9. The molecule has 0 heterocycles. The maximum Gasteiger partial charge on any atom is 0.303 e. The van der Waals surface area contributed by atoms with Crippen LogP contribution in [-0.2, 0) is 25.6 Å². The van der Waals surface area contributed by atoms with Crippen molar-refractivity contribution in [2.75, 3.05) is 0 Å². The molecule has 33 heavy (non-hydrogen) atoms. The Morgan fingerprint density at radius 1 is 0.455 bits per heavy atom. The molecule has 0 aliphatic carbocycles. The van der Waals surface area contributed by atoms with Crippen LogP contribution in [0.2, 0.25) is 0 Å². The quantitative estimate of drug-likeness (QED) is 0.333. The molecule has 8 heteroatoms. The summed E-state index contributed by atoms with van der Waals surface area (Å²) in [5.74, 6) is -3.48. The van der Waals surface area contributed by atoms with Crippen molar-refractivity contribution < 1.29 is 39.6 Å². The van der Waals surface area contributed by atoms with Crippen molar-refractivity contribution in [3.8, 4) is 0 Å². The number of rotatable bonds is 12. The van der Waals surface area contributed by atoms with Crippen LogP contribution in [0.3, 0.4) is 0 Å². The zero-order valence-corrected chi connectivity index (χ0v) is 18.6. The summed E-state index contributed by atoms with van der Waals surface area (Å²) in [5, 5.41) is 32.5. The molecule has 0 saturated carbocycles. The van der Waals surface area contributed by atoms with Gasteiger partial charge in [-0.05, 0) is 43.2 Å². The summed E-state index contributed by atoms with van der Waals surface area (Å²) in [7, 11) is 0. The van der Waals surface area contributed by atoms with Crippen molar-refractivity contribution in [2.24, 2.45) is 0 Å². The van der Waals surface area contributed by atoms with Crippen LogP contribution in [0.4, 0.5) is 0 Å². The number of carbonyl (C=O) groups is 4. The summed E-state index contributed by atoms with van der Waals surface area (Å²) >= 11 is 0. The van der Waals surface area contributed by atoms with Crippen LogP contribution >= 0.6 is 0 Å². The summed E-state index contributed by atoms with van der Waals surface area (Å²) in [4.78, 5) is 39.6. The summed E-state index contributed by atoms with van der Waals surface area (Å²) < 4.78 is 0. The second-order valence-corrected chi connectivity index (χ2v) is 7.14. The molecule has 180 valence electrons. The lowest BCUT2D eigenvalue weighted by Crippen LogP contribution is -1.97. The first kappa shape index (κ1) is 29.3. The third kappa shape index (κ3) is 21.3. The summed E-state index contributed by atoms with van der Waals surface area (Å²) in [6, 6.07) is 21.1. The van der Waals surface area contributed by atoms with E-state index in [0.29, 0.717) is 25.7 Å². The first-order chi connectivity index (χ1) is 15.7. The zero-order valence-electron chi connectivity index (χ0n) is 18.6. The molecular weight excluding hydrogens is 428 g/mol. The molecule has 0 saturated heterocycles. The molecule has 0 aliphatic heterocycles. The molecule has 0 spiro atoms. The third-order valence-electron chi connectivity index (χ3n) is 4.16. The Morgan fingerprint density at radius 2 is 0.697 bits per heavy atom. The van der Waals surface area contributed by atoms with E-state index in [9.17, 15) is 19.2 Å². The second kappa shape index (κ2) is 19.0. The van der Waals surface area contributed by atoms with Gasteiger partial charge in [-0.1, -0.05) is 60.7 Å². The van der Waals surface area contributed by atoms with Crippen LogP contribution in [-0.4, -0.2) is 44.3 Å². The molecule has 0 atom stereocenters. The Balaban J connectivity index is 0.000000474. The number of unbranched alkanes of at least 4 members (excludes halogenated alkanes) is 2. The van der Waals surface area contributed by atoms with Gasteiger partial charge in [-0.15, -0.1) is 0 Å². The Hall–Kier alpha value is -3.68. The Morgan fingerprint density at radius 3 is 0.909 bits per heavy atom. The smallest absolute Gasteiger partial charge is 0.303 e. The molecule has 2 aromatic rings. The number of benzene rings is 2. The molecule has 0 amide bonds. The van der Waals surface area contributed by atoms with E-state index in [0.717, 1.165) is 6.42 Å². The molecule has 8 nitrogen and oxygen atoms in total. The van der Waals surface area contributed by atoms with E-state index >= 15 is 0 Å². The van der Waals surface area contributed by atoms with Gasteiger partial charge in [0.25, 0.3) is 0 Å². The van der Waals surface area contributed by atoms with E-state index in [1.165, 1.54) is 11.1 Å². The first-order valence-electron chi connectivity index (χ1n) is 10.7. The maximum atomic E-state index is 9.90. The molecule has 2 rings (SSSR count). The van der Waals surface area contributed by atoms with Crippen LogP contribution in [0.15, 0.2) is 60.7 Å². The highest BCUT2D eigenvalue weighted by atomic mass is 16.4. The van der Waals surface area contributed by atoms with Gasteiger partial charge in [-0.25, -0.2) is 0 Å². The lowest BCUT2D eigenvalue weighted by atomic mass is 10.1. The summed E-state index contributed by atoms with van der Waals surface area (Å²) in [5.41, 5.74) is 2.74. The first-order valence-corrected chi connectivity index (χ1v) is 10.7. The van der Waals surface area contributed by atoms with Gasteiger partial charge in [0.05, 0.1) is 0 Å². The van der Waals surface area contributed by atoms with Gasteiger partial charge < -0.3 is 20.4 Å². The lowest BCUT2D eigenvalue weighted by Gasteiger charge is -2.00. The van der Waals surface area contributed by atoms with Crippen molar-refractivity contribution in [1.29, 1.82) is 0 Å². The number of aliphatic carboxylic acids is 4. The van der Waals surface area contributed by atoms with E-state index in [4.69, 9.17) is 20.4 Å². The van der Waals surface area contributed by atoms with Crippen molar-refractivity contribution in [1.82, 2.24) is 0 Å². The van der Waals surface area contributed by atoms with Crippen molar-refractivity contribution in [3.63, 3.8) is 0 Å². The summed E-state index contributed by atoms with van der Waals surface area (Å²) in [6.07, 6.45) is 3.06. The van der Waals surface area contributed by atoms with E-state index in [2.05, 4.69) is 60.7 Å². The van der Waals surface area contributed by atoms with E-state index in [-0.39, 0.29) is 25.7 Å². The monoisotopic (exact) mass is 460 g/mol. The molecule has 2 aromatic carbocycles. The van der Waals surface area contributed by atoms with Gasteiger partial charge in [-0.3, -0.25) is 19.2 Å². The summed E-state index contributed by atoms with van der Waals surface area (Å²) in [6.45, 7) is 0. The van der Waals surface area contributed by atoms with E-state index in [1.807, 2.05) is 0 Å². The molecular formula is C25H32O8. The SMILES string of the molecule is O=C(O)CCCCC(=O)O.O=C(O)CCCCC(=O)O.c1ccc(Cc2ccccc2)cc1. The van der Waals surface area contributed by atoms with Crippen molar-refractivity contribution in [3.05, 3.63) is 71.8 Å². The molecule has 4 N–H and O–H groups in total. The van der Waals surface area contributed by atoms with Gasteiger partial charge in [0, 0.05) is 25.7 Å². The number of carboxylic acid groups (broad SMARTS) is 4. The van der Waals surface area contributed by atoms with Crippen LogP contribution in [0.5, 0.6) is 0 Å². The lowest BCUT2D eigenvalue weighted by molar-refractivity contribution is -0.139. The van der Waals surface area contributed by atoms with Crippen LogP contribution in [0.1, 0.15) is 62.5 Å². The normalized spacial score (nSPS) is 9.45. The predicted octanol–water partition coefficient (Wildman–Crippen LogP) is 4.71. The van der Waals surface area contributed by atoms with Crippen molar-refractivity contribution in [2.45, 2.75) is 57.8 Å². The highest BCUT2D eigenvalue weighted by molar-refractivity contribution is 5.68. The minimum atomic E-state index is -0.870. The van der Waals surface area contributed by atoms with Gasteiger partial charge in [0.1, 0.15) is 0 Å². The molecule has 0 bridgehead atoms. The van der Waals surface area contributed by atoms with E-state index < -0.39 is 23.9 Å². The minimum Gasteiger partial charge on any atom is -0.481 e. The number of carboxylic acids is 4. The van der Waals surface area contributed by atoms with Gasteiger partial charge in [-0.2, -0.15) is 0 Å². The van der Waals surface area contributed by atoms with Gasteiger partial charge in [0.2, 0.25) is 0 Å². The molecule has 0 aromatic heterocycles. The third-order valence-corrected chi connectivity index (χ3v) is 4.16. The van der Waals surface area contributed by atoms with Gasteiger partial charge >= 0.3 is 23.9 Å². The second-order valence-electron chi connectivity index (χ2n) is 7.14. The molecule has 0 unspecified atom stereocenters. The molecule has 0 aliphatic rings. The highest BCUT2D eigenvalue weighted by Crippen LogP contribution is 2.08. The minimum absolute atomic E-state index is 0.0628. The van der Waals surface area contributed by atoms with E-state index in [1.54, 1.807) is 0 Å². The van der Waals surface area contributed by atoms with Gasteiger partial charge in [0.15, 0.2) is 0 Å². The predicted molar refractivity (Wildman–Crippen MR) is 123 cm³/mol. The zero-order chi connectivity index (χ0) is 24.9. The standard InChI is InChI=1S/C13H12.2C6H10O4/c1-3-7-12(8-4-1)11-13-9-5-2-6-10-13;2*7-5(8)3-1-2-4-6(9)10/h1-10H,11H2;2*1-4H2,(H,7,8)(H,9,10). The topological polar surface area (TPSA) is 149 Å². The molecule has 0 radical (unpaired) electrons. The fraction of sp³-hybridized carbons (Fsp3) is 0.360. The van der Waals surface area contributed by atoms with Crippen LogP contribution < -0.4 is 0 Å². The van der Waals surface area contributed by atoms with Crippen LogP contribution in [0, 0.1) is 0 Å². The van der Waals surface area contributed by atoms with Crippen molar-refractivity contribution >= 4 is 23.9 Å². The average Bonchev–Trinajstić information content (AvgIpc) is 2.76. The number of hydrogen-bond acceptors (Lipinski definition) is 4. The number of hydrogen-bond donors (Lipinski definition) is 4. The Bertz CT molecular complexity index is 717. The average molecular weight is 461 g/mol. The largest absolute Gasteiger partial charge is 0.481 e. The fourth-order valence-corrected chi connectivity index (χ4v) is 2.53. The maximum absolute atomic E-state index is 9.90. The highest BCUT2D eigenvalue weighted by Gasteiger charge is 2.00.